The second-order valence-corrected chi connectivity index (χ2v) is 6.29. The van der Waals surface area contributed by atoms with Crippen LogP contribution < -0.4 is 5.32 Å². The van der Waals surface area contributed by atoms with Gasteiger partial charge in [-0.3, -0.25) is 9.59 Å². The fourth-order valence-corrected chi connectivity index (χ4v) is 2.77. The lowest BCUT2D eigenvalue weighted by Crippen LogP contribution is -2.40. The van der Waals surface area contributed by atoms with E-state index in [-0.39, 0.29) is 24.8 Å². The molecule has 0 aliphatic rings. The molecule has 0 spiro atoms. The molecule has 126 valence electrons. The molecule has 4 nitrogen and oxygen atoms in total. The van der Waals surface area contributed by atoms with Crippen LogP contribution in [0.25, 0.3) is 0 Å². The summed E-state index contributed by atoms with van der Waals surface area (Å²) >= 11 is 3.42. The number of nitrogens with one attached hydrogen (secondary N) is 1. The Bertz CT molecular complexity index is 689. The SMILES string of the molecule is CCN(Cc1ccccc1)C(=O)CNC(=O)Cc1ccccc1Br. The van der Waals surface area contributed by atoms with Gasteiger partial charge in [0.05, 0.1) is 13.0 Å². The summed E-state index contributed by atoms with van der Waals surface area (Å²) in [6.07, 6.45) is 0.250. The van der Waals surface area contributed by atoms with Crippen molar-refractivity contribution in [3.05, 3.63) is 70.2 Å². The average Bonchev–Trinajstić information content (AvgIpc) is 2.60. The summed E-state index contributed by atoms with van der Waals surface area (Å²) in [5.74, 6) is -0.243. The summed E-state index contributed by atoms with van der Waals surface area (Å²) < 4.78 is 0.894. The maximum atomic E-state index is 12.3. The first kappa shape index (κ1) is 18.2. The molecule has 2 rings (SSSR count). The molecule has 0 heterocycles. The van der Waals surface area contributed by atoms with Crippen LogP contribution in [-0.4, -0.2) is 29.8 Å². The highest BCUT2D eigenvalue weighted by molar-refractivity contribution is 9.10. The van der Waals surface area contributed by atoms with E-state index in [0.717, 1.165) is 15.6 Å². The molecule has 0 fully saturated rings. The average molecular weight is 389 g/mol. The maximum absolute atomic E-state index is 12.3. The molecule has 0 saturated heterocycles. The monoisotopic (exact) mass is 388 g/mol. The van der Waals surface area contributed by atoms with E-state index in [1.165, 1.54) is 0 Å². The van der Waals surface area contributed by atoms with Gasteiger partial charge in [-0.2, -0.15) is 0 Å². The van der Waals surface area contributed by atoms with E-state index in [1.807, 2.05) is 61.5 Å². The van der Waals surface area contributed by atoms with E-state index in [0.29, 0.717) is 13.1 Å². The summed E-state index contributed by atoms with van der Waals surface area (Å²) in [6, 6.07) is 17.4. The number of amides is 2. The van der Waals surface area contributed by atoms with Crippen LogP contribution in [0, 0.1) is 0 Å². The molecular weight excluding hydrogens is 368 g/mol. The van der Waals surface area contributed by atoms with E-state index in [4.69, 9.17) is 0 Å². The summed E-state index contributed by atoms with van der Waals surface area (Å²) in [6.45, 7) is 3.11. The number of halogens is 1. The van der Waals surface area contributed by atoms with Gasteiger partial charge in [0.2, 0.25) is 11.8 Å². The minimum absolute atomic E-state index is 0.0178. The summed E-state index contributed by atoms with van der Waals surface area (Å²) in [4.78, 5) is 26.1. The zero-order valence-electron chi connectivity index (χ0n) is 13.7. The number of likely N-dealkylation sites (N-methyl/N-ethyl adjacent to an activating group) is 1. The van der Waals surface area contributed by atoms with Gasteiger partial charge in [-0.05, 0) is 24.1 Å². The highest BCUT2D eigenvalue weighted by Gasteiger charge is 2.14. The molecule has 24 heavy (non-hydrogen) atoms. The predicted octanol–water partition coefficient (Wildman–Crippen LogP) is 3.16. The van der Waals surface area contributed by atoms with Crippen molar-refractivity contribution < 1.29 is 9.59 Å². The minimum atomic E-state index is -0.161. The number of rotatable bonds is 7. The molecule has 0 aliphatic heterocycles. The Kier molecular flexibility index (Phi) is 7.00. The molecule has 0 unspecified atom stereocenters. The van der Waals surface area contributed by atoms with E-state index in [2.05, 4.69) is 21.2 Å². The number of carbonyl (C=O) groups excluding carboxylic acids is 2. The quantitative estimate of drug-likeness (QED) is 0.791. The molecule has 0 aromatic heterocycles. The Morgan fingerprint density at radius 3 is 2.38 bits per heavy atom. The highest BCUT2D eigenvalue weighted by Crippen LogP contribution is 2.16. The number of benzene rings is 2. The Balaban J connectivity index is 1.84. The van der Waals surface area contributed by atoms with Gasteiger partial charge in [-0.15, -0.1) is 0 Å². The van der Waals surface area contributed by atoms with Crippen LogP contribution in [0.3, 0.4) is 0 Å². The summed E-state index contributed by atoms with van der Waals surface area (Å²) in [5.41, 5.74) is 1.98. The molecule has 1 N–H and O–H groups in total. The van der Waals surface area contributed by atoms with Gasteiger partial charge in [-0.1, -0.05) is 64.5 Å². The van der Waals surface area contributed by atoms with Gasteiger partial charge in [0.15, 0.2) is 0 Å². The molecule has 2 amide bonds. The van der Waals surface area contributed by atoms with Gasteiger partial charge < -0.3 is 10.2 Å². The van der Waals surface area contributed by atoms with Crippen molar-refractivity contribution in [1.82, 2.24) is 10.2 Å². The second-order valence-electron chi connectivity index (χ2n) is 5.44. The van der Waals surface area contributed by atoms with Crippen LogP contribution in [0.2, 0.25) is 0 Å². The van der Waals surface area contributed by atoms with E-state index >= 15 is 0 Å². The fourth-order valence-electron chi connectivity index (χ4n) is 2.34. The summed E-state index contributed by atoms with van der Waals surface area (Å²) in [5, 5.41) is 2.71. The third-order valence-electron chi connectivity index (χ3n) is 3.70. The smallest absolute Gasteiger partial charge is 0.242 e. The Hall–Kier alpha value is -2.14. The Labute approximate surface area is 151 Å². The topological polar surface area (TPSA) is 49.4 Å². The van der Waals surface area contributed by atoms with Crippen molar-refractivity contribution in [3.63, 3.8) is 0 Å². The molecule has 0 aliphatic carbocycles. The van der Waals surface area contributed by atoms with Crippen LogP contribution in [0.15, 0.2) is 59.1 Å². The zero-order chi connectivity index (χ0) is 17.4. The van der Waals surface area contributed by atoms with E-state index < -0.39 is 0 Å². The molecule has 0 atom stereocenters. The maximum Gasteiger partial charge on any atom is 0.242 e. The van der Waals surface area contributed by atoms with Crippen LogP contribution in [0.5, 0.6) is 0 Å². The Morgan fingerprint density at radius 1 is 1.04 bits per heavy atom. The second kappa shape index (κ2) is 9.23. The zero-order valence-corrected chi connectivity index (χ0v) is 15.3. The number of carbonyl (C=O) groups is 2. The molecule has 5 heteroatoms. The van der Waals surface area contributed by atoms with Crippen LogP contribution in [0.1, 0.15) is 18.1 Å². The van der Waals surface area contributed by atoms with Crippen molar-refractivity contribution in [2.45, 2.75) is 19.9 Å². The molecule has 0 radical (unpaired) electrons. The lowest BCUT2D eigenvalue weighted by Gasteiger charge is -2.21. The number of hydrogen-bond donors (Lipinski definition) is 1. The largest absolute Gasteiger partial charge is 0.347 e. The van der Waals surface area contributed by atoms with Gasteiger partial charge in [-0.25, -0.2) is 0 Å². The van der Waals surface area contributed by atoms with Crippen molar-refractivity contribution >= 4 is 27.7 Å². The van der Waals surface area contributed by atoms with E-state index in [1.54, 1.807) is 4.90 Å². The van der Waals surface area contributed by atoms with Gasteiger partial charge in [0.25, 0.3) is 0 Å². The lowest BCUT2D eigenvalue weighted by atomic mass is 10.1. The van der Waals surface area contributed by atoms with Gasteiger partial charge in [0.1, 0.15) is 0 Å². The molecular formula is C19H21BrN2O2. The molecule has 0 saturated carbocycles. The predicted molar refractivity (Wildman–Crippen MR) is 98.4 cm³/mol. The normalized spacial score (nSPS) is 10.2. The van der Waals surface area contributed by atoms with E-state index in [9.17, 15) is 9.59 Å². The van der Waals surface area contributed by atoms with Gasteiger partial charge >= 0.3 is 0 Å². The summed E-state index contributed by atoms with van der Waals surface area (Å²) in [7, 11) is 0. The molecule has 2 aromatic carbocycles. The lowest BCUT2D eigenvalue weighted by molar-refractivity contribution is -0.133. The minimum Gasteiger partial charge on any atom is -0.347 e. The third kappa shape index (κ3) is 5.49. The van der Waals surface area contributed by atoms with Crippen molar-refractivity contribution in [2.24, 2.45) is 0 Å². The fraction of sp³-hybridized carbons (Fsp3) is 0.263. The van der Waals surface area contributed by atoms with Crippen molar-refractivity contribution in [2.75, 3.05) is 13.1 Å². The Morgan fingerprint density at radius 2 is 1.71 bits per heavy atom. The first-order valence-corrected chi connectivity index (χ1v) is 8.71. The van der Waals surface area contributed by atoms with Crippen molar-refractivity contribution in [1.29, 1.82) is 0 Å². The standard InChI is InChI=1S/C19H21BrN2O2/c1-2-22(14-15-8-4-3-5-9-15)19(24)13-21-18(23)12-16-10-6-7-11-17(16)20/h3-11H,2,12-14H2,1H3,(H,21,23). The molecule has 0 bridgehead atoms. The first-order valence-electron chi connectivity index (χ1n) is 7.92. The number of hydrogen-bond acceptors (Lipinski definition) is 2. The van der Waals surface area contributed by atoms with Gasteiger partial charge in [0, 0.05) is 17.6 Å². The third-order valence-corrected chi connectivity index (χ3v) is 4.47. The van der Waals surface area contributed by atoms with Crippen molar-refractivity contribution in [3.8, 4) is 0 Å². The van der Waals surface area contributed by atoms with Crippen LogP contribution >= 0.6 is 15.9 Å². The van der Waals surface area contributed by atoms with Crippen LogP contribution in [-0.2, 0) is 22.6 Å². The number of nitrogens with zero attached hydrogens (tertiary/aromatic N) is 1. The highest BCUT2D eigenvalue weighted by atomic mass is 79.9. The van der Waals surface area contributed by atoms with Crippen LogP contribution in [0.4, 0.5) is 0 Å². The first-order chi connectivity index (χ1) is 11.6. The molecule has 2 aromatic rings.